The van der Waals surface area contributed by atoms with Gasteiger partial charge in [-0.25, -0.2) is 4.39 Å². The van der Waals surface area contributed by atoms with Crippen LogP contribution in [-0.4, -0.2) is 11.7 Å². The third-order valence-electron chi connectivity index (χ3n) is 1.65. The molecular formula is C8H9Cl3FNO. The van der Waals surface area contributed by atoms with Gasteiger partial charge >= 0.3 is 0 Å². The highest BCUT2D eigenvalue weighted by molar-refractivity contribution is 6.42. The molecule has 80 valence electrons. The summed E-state index contributed by atoms with van der Waals surface area (Å²) in [5.74, 6) is -0.559. The Morgan fingerprint density at radius 3 is 2.50 bits per heavy atom. The topological polar surface area (TPSA) is 46.2 Å². The van der Waals surface area contributed by atoms with E-state index in [4.69, 9.17) is 34.0 Å². The zero-order valence-electron chi connectivity index (χ0n) is 7.01. The van der Waals surface area contributed by atoms with E-state index in [-0.39, 0.29) is 34.6 Å². The molecule has 1 aromatic rings. The first-order chi connectivity index (χ1) is 6.07. The van der Waals surface area contributed by atoms with Gasteiger partial charge in [-0.1, -0.05) is 23.2 Å². The van der Waals surface area contributed by atoms with Crippen LogP contribution in [0.4, 0.5) is 4.39 Å². The van der Waals surface area contributed by atoms with Gasteiger partial charge in [-0.05, 0) is 12.1 Å². The molecule has 1 rings (SSSR count). The summed E-state index contributed by atoms with van der Waals surface area (Å²) in [6.07, 6.45) is 0. The molecule has 0 amide bonds. The molecule has 14 heavy (non-hydrogen) atoms. The predicted octanol–water partition coefficient (Wildman–Crippen LogP) is 2.55. The van der Waals surface area contributed by atoms with Crippen molar-refractivity contribution in [3.8, 4) is 0 Å². The van der Waals surface area contributed by atoms with Crippen LogP contribution in [0.2, 0.25) is 10.0 Å². The molecule has 0 fully saturated rings. The number of halogens is 4. The lowest BCUT2D eigenvalue weighted by molar-refractivity contribution is 0.265. The van der Waals surface area contributed by atoms with Crippen molar-refractivity contribution >= 4 is 35.6 Å². The highest BCUT2D eigenvalue weighted by Crippen LogP contribution is 2.31. The van der Waals surface area contributed by atoms with Crippen molar-refractivity contribution < 1.29 is 9.50 Å². The molecular weight excluding hydrogens is 251 g/mol. The molecule has 0 aliphatic rings. The summed E-state index contributed by atoms with van der Waals surface area (Å²) in [5, 5.41) is 9.02. The van der Waals surface area contributed by atoms with Crippen LogP contribution in [0.1, 0.15) is 11.6 Å². The van der Waals surface area contributed by atoms with Crippen LogP contribution in [0.15, 0.2) is 12.1 Å². The van der Waals surface area contributed by atoms with Gasteiger partial charge in [-0.2, -0.15) is 0 Å². The smallest absolute Gasteiger partial charge is 0.129 e. The average molecular weight is 261 g/mol. The fraction of sp³-hybridized carbons (Fsp3) is 0.250. The maximum atomic E-state index is 13.1. The predicted molar refractivity (Wildman–Crippen MR) is 57.7 cm³/mol. The lowest BCUT2D eigenvalue weighted by atomic mass is 10.1. The second-order valence-corrected chi connectivity index (χ2v) is 3.33. The lowest BCUT2D eigenvalue weighted by Crippen LogP contribution is -2.16. The van der Waals surface area contributed by atoms with Crippen molar-refractivity contribution in [2.24, 2.45) is 5.73 Å². The van der Waals surface area contributed by atoms with Gasteiger partial charge in [-0.15, -0.1) is 12.4 Å². The summed E-state index contributed by atoms with van der Waals surface area (Å²) in [7, 11) is 0. The first-order valence-electron chi connectivity index (χ1n) is 3.57. The third kappa shape index (κ3) is 2.72. The van der Waals surface area contributed by atoms with Crippen molar-refractivity contribution in [1.82, 2.24) is 0 Å². The van der Waals surface area contributed by atoms with E-state index < -0.39 is 11.9 Å². The van der Waals surface area contributed by atoms with Gasteiger partial charge in [0.05, 0.1) is 22.7 Å². The number of nitrogens with two attached hydrogens (primary N) is 1. The quantitative estimate of drug-likeness (QED) is 0.803. The van der Waals surface area contributed by atoms with Gasteiger partial charge in [0.2, 0.25) is 0 Å². The minimum atomic E-state index is -0.841. The molecule has 0 radical (unpaired) electrons. The average Bonchev–Trinajstić information content (AvgIpc) is 2.12. The lowest BCUT2D eigenvalue weighted by Gasteiger charge is -2.12. The van der Waals surface area contributed by atoms with Crippen molar-refractivity contribution in [3.63, 3.8) is 0 Å². The van der Waals surface area contributed by atoms with Gasteiger partial charge < -0.3 is 10.8 Å². The van der Waals surface area contributed by atoms with Crippen LogP contribution in [0.25, 0.3) is 0 Å². The second kappa shape index (κ2) is 5.73. The molecule has 0 aliphatic heterocycles. The van der Waals surface area contributed by atoms with E-state index in [1.165, 1.54) is 12.1 Å². The Balaban J connectivity index is 0.00000169. The van der Waals surface area contributed by atoms with Crippen LogP contribution >= 0.6 is 35.6 Å². The minimum Gasteiger partial charge on any atom is -0.394 e. The summed E-state index contributed by atoms with van der Waals surface area (Å²) < 4.78 is 13.1. The summed E-state index contributed by atoms with van der Waals surface area (Å²) in [6, 6.07) is 1.66. The Labute approximate surface area is 97.2 Å². The SMILES string of the molecule is Cl.N[C@H](CO)c1c(F)ccc(Cl)c1Cl. The molecule has 0 aliphatic carbocycles. The molecule has 0 bridgehead atoms. The molecule has 0 saturated carbocycles. The molecule has 0 heterocycles. The fourth-order valence-corrected chi connectivity index (χ4v) is 1.43. The van der Waals surface area contributed by atoms with E-state index in [1.807, 2.05) is 0 Å². The number of aliphatic hydroxyl groups is 1. The number of benzene rings is 1. The first kappa shape index (κ1) is 13.9. The van der Waals surface area contributed by atoms with Crippen LogP contribution < -0.4 is 5.73 Å². The molecule has 3 N–H and O–H groups in total. The molecule has 0 aromatic heterocycles. The van der Waals surface area contributed by atoms with Crippen molar-refractivity contribution in [3.05, 3.63) is 33.6 Å². The van der Waals surface area contributed by atoms with E-state index in [1.54, 1.807) is 0 Å². The molecule has 1 aromatic carbocycles. The van der Waals surface area contributed by atoms with Crippen LogP contribution in [0.3, 0.4) is 0 Å². The number of aliphatic hydroxyl groups excluding tert-OH is 1. The summed E-state index contributed by atoms with van der Waals surface area (Å²) >= 11 is 11.4. The first-order valence-corrected chi connectivity index (χ1v) is 4.33. The van der Waals surface area contributed by atoms with Crippen molar-refractivity contribution in [1.29, 1.82) is 0 Å². The van der Waals surface area contributed by atoms with E-state index in [2.05, 4.69) is 0 Å². The summed E-state index contributed by atoms with van der Waals surface area (Å²) in [5.41, 5.74) is 5.48. The number of rotatable bonds is 2. The van der Waals surface area contributed by atoms with Crippen LogP contribution in [0.5, 0.6) is 0 Å². The zero-order valence-corrected chi connectivity index (χ0v) is 9.33. The second-order valence-electron chi connectivity index (χ2n) is 2.55. The Morgan fingerprint density at radius 1 is 1.43 bits per heavy atom. The highest BCUT2D eigenvalue weighted by atomic mass is 35.5. The van der Waals surface area contributed by atoms with Gasteiger partial charge in [0.15, 0.2) is 0 Å². The van der Waals surface area contributed by atoms with Crippen LogP contribution in [0, 0.1) is 5.82 Å². The molecule has 0 spiro atoms. The standard InChI is InChI=1S/C8H8Cl2FNO.ClH/c9-4-1-2-5(11)7(8(4)10)6(12)3-13;/h1-2,6,13H,3,12H2;1H/t6-;/m1./s1. The Bertz CT molecular complexity index is 322. The summed E-state index contributed by atoms with van der Waals surface area (Å²) in [6.45, 7) is -0.378. The molecule has 1 atom stereocenters. The Kier molecular flexibility index (Phi) is 5.71. The summed E-state index contributed by atoms with van der Waals surface area (Å²) in [4.78, 5) is 0. The van der Waals surface area contributed by atoms with E-state index in [0.29, 0.717) is 0 Å². The maximum absolute atomic E-state index is 13.1. The third-order valence-corrected chi connectivity index (χ3v) is 2.47. The highest BCUT2D eigenvalue weighted by Gasteiger charge is 2.16. The maximum Gasteiger partial charge on any atom is 0.129 e. The fourth-order valence-electron chi connectivity index (χ4n) is 0.974. The van der Waals surface area contributed by atoms with Gasteiger partial charge in [0, 0.05) is 5.56 Å². The van der Waals surface area contributed by atoms with Crippen LogP contribution in [-0.2, 0) is 0 Å². The van der Waals surface area contributed by atoms with Crippen molar-refractivity contribution in [2.45, 2.75) is 6.04 Å². The Morgan fingerprint density at radius 2 is 2.00 bits per heavy atom. The van der Waals surface area contributed by atoms with Gasteiger partial charge in [-0.3, -0.25) is 0 Å². The van der Waals surface area contributed by atoms with Gasteiger partial charge in [0.1, 0.15) is 5.82 Å². The van der Waals surface area contributed by atoms with E-state index >= 15 is 0 Å². The molecule has 2 nitrogen and oxygen atoms in total. The minimum absolute atomic E-state index is 0. The van der Waals surface area contributed by atoms with Crippen molar-refractivity contribution in [2.75, 3.05) is 6.61 Å². The zero-order chi connectivity index (χ0) is 10.0. The van der Waals surface area contributed by atoms with E-state index in [0.717, 1.165) is 0 Å². The van der Waals surface area contributed by atoms with E-state index in [9.17, 15) is 4.39 Å². The monoisotopic (exact) mass is 259 g/mol. The van der Waals surface area contributed by atoms with Gasteiger partial charge in [0.25, 0.3) is 0 Å². The number of hydrogen-bond acceptors (Lipinski definition) is 2. The Hall–Kier alpha value is -0.0600. The largest absolute Gasteiger partial charge is 0.394 e. The number of hydrogen-bond donors (Lipinski definition) is 2. The normalized spacial score (nSPS) is 12.1. The molecule has 0 unspecified atom stereocenters. The molecule has 0 saturated heterocycles. The molecule has 6 heteroatoms.